The lowest BCUT2D eigenvalue weighted by molar-refractivity contribution is 0.320. The summed E-state index contributed by atoms with van der Waals surface area (Å²) in [5, 5.41) is 4.80. The molecule has 35 heavy (non-hydrogen) atoms. The number of benzene rings is 2. The first-order valence-corrected chi connectivity index (χ1v) is 13.2. The molecule has 4 nitrogen and oxygen atoms in total. The van der Waals surface area contributed by atoms with E-state index in [2.05, 4.69) is 72.6 Å². The van der Waals surface area contributed by atoms with E-state index in [1.165, 1.54) is 72.2 Å². The fourth-order valence-corrected chi connectivity index (χ4v) is 6.05. The van der Waals surface area contributed by atoms with Crippen molar-refractivity contribution in [2.45, 2.75) is 52.5 Å². The molecular formula is C31H34N4. The first kappa shape index (κ1) is 22.2. The fourth-order valence-electron chi connectivity index (χ4n) is 6.05. The molecule has 3 heterocycles. The Labute approximate surface area is 208 Å². The monoisotopic (exact) mass is 462 g/mol. The van der Waals surface area contributed by atoms with Crippen LogP contribution in [0.4, 0.5) is 11.5 Å². The molecule has 178 valence electrons. The van der Waals surface area contributed by atoms with Crippen molar-refractivity contribution in [3.8, 4) is 11.1 Å². The van der Waals surface area contributed by atoms with E-state index in [4.69, 9.17) is 9.97 Å². The van der Waals surface area contributed by atoms with Gasteiger partial charge < -0.3 is 5.32 Å². The van der Waals surface area contributed by atoms with Crippen LogP contribution in [0.15, 0.2) is 60.9 Å². The lowest BCUT2D eigenvalue weighted by Crippen LogP contribution is -2.19. The van der Waals surface area contributed by atoms with Gasteiger partial charge in [0.2, 0.25) is 0 Å². The van der Waals surface area contributed by atoms with Crippen LogP contribution in [0.5, 0.6) is 0 Å². The molecule has 0 bridgehead atoms. The molecule has 1 atom stereocenters. The van der Waals surface area contributed by atoms with E-state index < -0.39 is 0 Å². The topological polar surface area (TPSA) is 41.1 Å². The van der Waals surface area contributed by atoms with Crippen LogP contribution in [-0.4, -0.2) is 28.0 Å². The molecule has 0 radical (unpaired) electrons. The number of rotatable bonds is 6. The number of anilines is 2. The Balaban J connectivity index is 1.33. The zero-order valence-electron chi connectivity index (χ0n) is 20.8. The zero-order chi connectivity index (χ0) is 23.8. The van der Waals surface area contributed by atoms with Gasteiger partial charge in [-0.15, -0.1) is 0 Å². The van der Waals surface area contributed by atoms with Crippen LogP contribution in [0, 0.1) is 5.92 Å². The Morgan fingerprint density at radius 2 is 1.91 bits per heavy atom. The second-order valence-electron chi connectivity index (χ2n) is 10.3. The minimum atomic E-state index is 0.795. The second-order valence-corrected chi connectivity index (χ2v) is 10.3. The maximum absolute atomic E-state index is 4.87. The summed E-state index contributed by atoms with van der Waals surface area (Å²) in [5.41, 5.74) is 10.4. The molecule has 0 unspecified atom stereocenters. The van der Waals surface area contributed by atoms with Gasteiger partial charge in [-0.2, -0.15) is 0 Å². The summed E-state index contributed by atoms with van der Waals surface area (Å²) in [4.78, 5) is 12.1. The quantitative estimate of drug-likeness (QED) is 0.337. The molecule has 0 amide bonds. The lowest BCUT2D eigenvalue weighted by Gasteiger charge is -2.18. The second kappa shape index (κ2) is 9.43. The first-order valence-electron chi connectivity index (χ1n) is 13.2. The van der Waals surface area contributed by atoms with E-state index >= 15 is 0 Å². The molecule has 1 fully saturated rings. The Hall–Kier alpha value is -3.24. The summed E-state index contributed by atoms with van der Waals surface area (Å²) in [7, 11) is 0. The highest BCUT2D eigenvalue weighted by atomic mass is 15.1. The third kappa shape index (κ3) is 4.32. The predicted molar refractivity (Wildman–Crippen MR) is 145 cm³/mol. The minimum absolute atomic E-state index is 0.795. The van der Waals surface area contributed by atoms with Crippen molar-refractivity contribution >= 4 is 22.4 Å². The average Bonchev–Trinajstić information content (AvgIpc) is 3.52. The van der Waals surface area contributed by atoms with Gasteiger partial charge in [0.05, 0.1) is 0 Å². The number of nitrogens with one attached hydrogen (secondary N) is 1. The van der Waals surface area contributed by atoms with Crippen LogP contribution in [0.1, 0.15) is 48.9 Å². The highest BCUT2D eigenvalue weighted by Crippen LogP contribution is 2.37. The van der Waals surface area contributed by atoms with Gasteiger partial charge in [-0.25, -0.2) is 4.98 Å². The largest absolute Gasteiger partial charge is 0.338 e. The van der Waals surface area contributed by atoms with Crippen LogP contribution < -0.4 is 5.32 Å². The molecule has 6 rings (SSSR count). The Bertz CT molecular complexity index is 1380. The molecule has 1 saturated heterocycles. The molecule has 1 aliphatic heterocycles. The molecule has 1 N–H and O–H groups in total. The fraction of sp³-hybridized carbons (Fsp3) is 0.355. The standard InChI is InChI=1S/C31H34N4/c1-3-25-27(28-10-5-8-23-7-4-9-26(23)28)11-6-12-29(25)34-31-30-24(13-15-32-31)17-22(18-33-30)20-35-16-14-21(2)19-35/h5-6,8,10-13,15,17-18,21H,3-4,7,9,14,16,19-20H2,1-2H3,(H,32,34)/t21-/m1/s1. The summed E-state index contributed by atoms with van der Waals surface area (Å²) >= 11 is 0. The number of aromatic nitrogens is 2. The van der Waals surface area contributed by atoms with Gasteiger partial charge in [0.1, 0.15) is 5.52 Å². The third-order valence-electron chi connectivity index (χ3n) is 7.79. The first-order chi connectivity index (χ1) is 17.2. The molecule has 0 saturated carbocycles. The van der Waals surface area contributed by atoms with E-state index in [1.54, 1.807) is 0 Å². The smallest absolute Gasteiger partial charge is 0.156 e. The van der Waals surface area contributed by atoms with Crippen LogP contribution in [-0.2, 0) is 25.8 Å². The molecule has 2 aromatic heterocycles. The number of hydrogen-bond donors (Lipinski definition) is 1. The SMILES string of the molecule is CCc1c(Nc2nccc3cc(CN4CC[C@@H](C)C4)cnc23)cccc1-c1cccc2c1CCC2. The van der Waals surface area contributed by atoms with Crippen molar-refractivity contribution in [2.24, 2.45) is 5.92 Å². The third-order valence-corrected chi connectivity index (χ3v) is 7.79. The van der Waals surface area contributed by atoms with Crippen molar-refractivity contribution in [1.29, 1.82) is 0 Å². The van der Waals surface area contributed by atoms with Crippen LogP contribution in [0.2, 0.25) is 0 Å². The molecule has 1 aliphatic carbocycles. The summed E-state index contributed by atoms with van der Waals surface area (Å²) in [6.45, 7) is 7.92. The number of fused-ring (bicyclic) bond motifs is 2. The lowest BCUT2D eigenvalue weighted by atomic mass is 9.91. The minimum Gasteiger partial charge on any atom is -0.338 e. The Kier molecular flexibility index (Phi) is 5.99. The zero-order valence-corrected chi connectivity index (χ0v) is 20.8. The molecule has 2 aliphatic rings. The van der Waals surface area contributed by atoms with E-state index in [-0.39, 0.29) is 0 Å². The number of hydrogen-bond acceptors (Lipinski definition) is 4. The van der Waals surface area contributed by atoms with Gasteiger partial charge in [-0.05, 0) is 96.1 Å². The van der Waals surface area contributed by atoms with E-state index in [1.807, 2.05) is 12.4 Å². The van der Waals surface area contributed by atoms with Gasteiger partial charge in [-0.1, -0.05) is 44.2 Å². The maximum atomic E-state index is 4.87. The Morgan fingerprint density at radius 3 is 2.77 bits per heavy atom. The Morgan fingerprint density at radius 1 is 1.03 bits per heavy atom. The highest BCUT2D eigenvalue weighted by Gasteiger charge is 2.20. The van der Waals surface area contributed by atoms with E-state index in [9.17, 15) is 0 Å². The van der Waals surface area contributed by atoms with Crippen molar-refractivity contribution in [1.82, 2.24) is 14.9 Å². The van der Waals surface area contributed by atoms with Crippen LogP contribution in [0.3, 0.4) is 0 Å². The number of nitrogens with zero attached hydrogens (tertiary/aromatic N) is 3. The maximum Gasteiger partial charge on any atom is 0.156 e. The van der Waals surface area contributed by atoms with E-state index in [0.29, 0.717) is 0 Å². The van der Waals surface area contributed by atoms with Gasteiger partial charge in [0, 0.05) is 36.6 Å². The summed E-state index contributed by atoms with van der Waals surface area (Å²) in [6.07, 6.45) is 9.82. The van der Waals surface area contributed by atoms with Crippen molar-refractivity contribution < 1.29 is 0 Å². The highest BCUT2D eigenvalue weighted by molar-refractivity contribution is 5.91. The number of likely N-dealkylation sites (tertiary alicyclic amines) is 1. The van der Waals surface area contributed by atoms with Crippen molar-refractivity contribution in [2.75, 3.05) is 18.4 Å². The summed E-state index contributed by atoms with van der Waals surface area (Å²) < 4.78 is 0. The number of aryl methyl sites for hydroxylation is 1. The molecule has 4 heteroatoms. The molecule has 4 aromatic rings. The van der Waals surface area contributed by atoms with Crippen LogP contribution >= 0.6 is 0 Å². The van der Waals surface area contributed by atoms with Crippen molar-refractivity contribution in [3.05, 3.63) is 83.2 Å². The van der Waals surface area contributed by atoms with Gasteiger partial charge >= 0.3 is 0 Å². The average molecular weight is 463 g/mol. The number of pyridine rings is 2. The predicted octanol–water partition coefficient (Wildman–Crippen LogP) is 6.93. The van der Waals surface area contributed by atoms with Crippen molar-refractivity contribution in [3.63, 3.8) is 0 Å². The molecule has 2 aromatic carbocycles. The molecule has 0 spiro atoms. The summed E-state index contributed by atoms with van der Waals surface area (Å²) in [6, 6.07) is 17.8. The van der Waals surface area contributed by atoms with Gasteiger partial charge in [0.15, 0.2) is 5.82 Å². The van der Waals surface area contributed by atoms with Gasteiger partial charge in [0.25, 0.3) is 0 Å². The summed E-state index contributed by atoms with van der Waals surface area (Å²) in [5.74, 6) is 1.62. The van der Waals surface area contributed by atoms with Crippen LogP contribution in [0.25, 0.3) is 22.0 Å². The van der Waals surface area contributed by atoms with Gasteiger partial charge in [-0.3, -0.25) is 9.88 Å². The normalized spacial score (nSPS) is 17.7. The molecular weight excluding hydrogens is 428 g/mol. The van der Waals surface area contributed by atoms with E-state index in [0.717, 1.165) is 41.3 Å².